The minimum absolute atomic E-state index is 0.0418. The second-order valence-electron chi connectivity index (χ2n) is 7.01. The zero-order valence-corrected chi connectivity index (χ0v) is 17.2. The number of nitrogens with two attached hydrogens (primary N) is 1. The van der Waals surface area contributed by atoms with Crippen molar-refractivity contribution in [2.75, 3.05) is 19.6 Å². The lowest BCUT2D eigenvalue weighted by Gasteiger charge is -2.17. The van der Waals surface area contributed by atoms with Crippen LogP contribution < -0.4 is 5.73 Å². The summed E-state index contributed by atoms with van der Waals surface area (Å²) in [5.41, 5.74) is 10.2. The van der Waals surface area contributed by atoms with Crippen molar-refractivity contribution in [1.82, 2.24) is 19.7 Å². The van der Waals surface area contributed by atoms with Crippen molar-refractivity contribution in [1.29, 1.82) is 0 Å². The number of carbonyl (C=O) groups excluding carboxylic acids is 1. The van der Waals surface area contributed by atoms with Gasteiger partial charge in [-0.15, -0.1) is 0 Å². The highest BCUT2D eigenvalue weighted by Crippen LogP contribution is 2.34. The number of amides is 1. The van der Waals surface area contributed by atoms with Gasteiger partial charge in [0.2, 0.25) is 5.91 Å². The number of hydrogen-bond acceptors (Lipinski definition) is 4. The molecule has 1 amide bonds. The molecular weight excluding hydrogens is 362 g/mol. The molecule has 0 atom stereocenters. The van der Waals surface area contributed by atoms with Crippen LogP contribution >= 0.6 is 0 Å². The molecule has 0 unspecified atom stereocenters. The average Bonchev–Trinajstić information content (AvgIpc) is 3.09. The molecule has 0 aliphatic heterocycles. The van der Waals surface area contributed by atoms with Crippen LogP contribution in [0, 0.1) is 0 Å². The molecule has 2 aromatic heterocycles. The molecular formula is C23H29N5O. The van der Waals surface area contributed by atoms with Gasteiger partial charge in [-0.05, 0) is 44.6 Å². The highest BCUT2D eigenvalue weighted by atomic mass is 16.1. The Balaban J connectivity index is 2.07. The first-order valence-corrected chi connectivity index (χ1v) is 10.2. The van der Waals surface area contributed by atoms with Gasteiger partial charge in [-0.3, -0.25) is 14.5 Å². The summed E-state index contributed by atoms with van der Waals surface area (Å²) in [6.07, 6.45) is 3.59. The van der Waals surface area contributed by atoms with E-state index in [9.17, 15) is 4.79 Å². The SMILES string of the molecule is CCN(CC)CCCc1nn(CC(N)=O)c(-c2ccccc2)c1-c1ccccn1. The fraction of sp³-hybridized carbons (Fsp3) is 0.348. The van der Waals surface area contributed by atoms with Gasteiger partial charge in [0.15, 0.2) is 0 Å². The number of rotatable bonds is 10. The molecule has 0 bridgehead atoms. The van der Waals surface area contributed by atoms with Gasteiger partial charge in [-0.2, -0.15) is 5.10 Å². The first-order valence-electron chi connectivity index (χ1n) is 10.2. The predicted molar refractivity (Wildman–Crippen MR) is 116 cm³/mol. The summed E-state index contributed by atoms with van der Waals surface area (Å²) in [5.74, 6) is -0.410. The zero-order valence-electron chi connectivity index (χ0n) is 17.2. The number of carbonyl (C=O) groups is 1. The van der Waals surface area contributed by atoms with Crippen LogP contribution in [-0.2, 0) is 17.8 Å². The van der Waals surface area contributed by atoms with Crippen LogP contribution in [0.15, 0.2) is 54.7 Å². The minimum Gasteiger partial charge on any atom is -0.368 e. The lowest BCUT2D eigenvalue weighted by atomic mass is 10.00. The summed E-state index contributed by atoms with van der Waals surface area (Å²) in [7, 11) is 0. The van der Waals surface area contributed by atoms with Crippen molar-refractivity contribution < 1.29 is 4.79 Å². The molecule has 0 aliphatic carbocycles. The van der Waals surface area contributed by atoms with Gasteiger partial charge in [0.05, 0.1) is 17.1 Å². The third-order valence-electron chi connectivity index (χ3n) is 5.08. The molecule has 0 radical (unpaired) electrons. The summed E-state index contributed by atoms with van der Waals surface area (Å²) in [6.45, 7) is 7.48. The van der Waals surface area contributed by atoms with Crippen LogP contribution in [-0.4, -0.2) is 45.2 Å². The van der Waals surface area contributed by atoms with Gasteiger partial charge in [-0.25, -0.2) is 0 Å². The van der Waals surface area contributed by atoms with Crippen molar-refractivity contribution in [2.45, 2.75) is 33.2 Å². The first kappa shape index (κ1) is 20.7. The highest BCUT2D eigenvalue weighted by molar-refractivity contribution is 5.83. The Morgan fingerprint density at radius 1 is 1.07 bits per heavy atom. The minimum atomic E-state index is -0.410. The fourth-order valence-electron chi connectivity index (χ4n) is 3.63. The van der Waals surface area contributed by atoms with Crippen molar-refractivity contribution in [2.24, 2.45) is 5.73 Å². The van der Waals surface area contributed by atoms with Gasteiger partial charge in [0.25, 0.3) is 0 Å². The third-order valence-corrected chi connectivity index (χ3v) is 5.08. The van der Waals surface area contributed by atoms with E-state index < -0.39 is 5.91 Å². The molecule has 29 heavy (non-hydrogen) atoms. The molecule has 152 valence electrons. The van der Waals surface area contributed by atoms with E-state index in [2.05, 4.69) is 23.7 Å². The molecule has 0 saturated heterocycles. The Morgan fingerprint density at radius 3 is 2.41 bits per heavy atom. The van der Waals surface area contributed by atoms with Crippen LogP contribution in [0.1, 0.15) is 26.0 Å². The van der Waals surface area contributed by atoms with Crippen LogP contribution in [0.3, 0.4) is 0 Å². The maximum absolute atomic E-state index is 11.7. The van der Waals surface area contributed by atoms with E-state index in [1.54, 1.807) is 10.9 Å². The lowest BCUT2D eigenvalue weighted by molar-refractivity contribution is -0.118. The second-order valence-corrected chi connectivity index (χ2v) is 7.01. The van der Waals surface area contributed by atoms with E-state index >= 15 is 0 Å². The molecule has 0 aliphatic rings. The Bertz CT molecular complexity index is 917. The number of primary amides is 1. The molecule has 6 nitrogen and oxygen atoms in total. The molecule has 2 N–H and O–H groups in total. The normalized spacial score (nSPS) is 11.1. The van der Waals surface area contributed by atoms with Crippen molar-refractivity contribution >= 4 is 5.91 Å². The number of benzene rings is 1. The van der Waals surface area contributed by atoms with Crippen molar-refractivity contribution in [3.8, 4) is 22.5 Å². The zero-order chi connectivity index (χ0) is 20.6. The number of aromatic nitrogens is 3. The van der Waals surface area contributed by atoms with Gasteiger partial charge in [0.1, 0.15) is 6.54 Å². The number of hydrogen-bond donors (Lipinski definition) is 1. The van der Waals surface area contributed by atoms with Gasteiger partial charge in [0, 0.05) is 17.3 Å². The maximum atomic E-state index is 11.7. The second kappa shape index (κ2) is 9.98. The molecule has 0 spiro atoms. The van der Waals surface area contributed by atoms with Crippen molar-refractivity contribution in [3.05, 3.63) is 60.4 Å². The first-order chi connectivity index (χ1) is 14.1. The monoisotopic (exact) mass is 391 g/mol. The smallest absolute Gasteiger partial charge is 0.239 e. The van der Waals surface area contributed by atoms with E-state index in [-0.39, 0.29) is 6.54 Å². The fourth-order valence-corrected chi connectivity index (χ4v) is 3.63. The molecule has 3 aromatic rings. The average molecular weight is 392 g/mol. The number of nitrogens with zero attached hydrogens (tertiary/aromatic N) is 4. The Morgan fingerprint density at radius 2 is 1.79 bits per heavy atom. The number of aryl methyl sites for hydroxylation is 1. The third kappa shape index (κ3) is 5.09. The Hall–Kier alpha value is -2.99. The molecule has 0 fully saturated rings. The predicted octanol–water partition coefficient (Wildman–Crippen LogP) is 3.37. The van der Waals surface area contributed by atoms with E-state index in [0.717, 1.165) is 60.7 Å². The van der Waals surface area contributed by atoms with E-state index in [0.29, 0.717) is 0 Å². The van der Waals surface area contributed by atoms with E-state index in [4.69, 9.17) is 10.8 Å². The standard InChI is InChI=1S/C23H29N5O/c1-3-27(4-2)16-10-14-20-22(19-13-8-9-15-25-19)23(18-11-6-5-7-12-18)28(26-20)17-21(24)29/h5-9,11-13,15H,3-4,10,14,16-17H2,1-2H3,(H2,24,29). The van der Waals surface area contributed by atoms with E-state index in [1.165, 1.54) is 0 Å². The maximum Gasteiger partial charge on any atom is 0.239 e. The lowest BCUT2D eigenvalue weighted by Crippen LogP contribution is -2.24. The molecule has 3 rings (SSSR count). The highest BCUT2D eigenvalue weighted by Gasteiger charge is 2.22. The number of pyridine rings is 1. The molecule has 6 heteroatoms. The summed E-state index contributed by atoms with van der Waals surface area (Å²) >= 11 is 0. The van der Waals surface area contributed by atoms with Gasteiger partial charge >= 0.3 is 0 Å². The quantitative estimate of drug-likeness (QED) is 0.575. The van der Waals surface area contributed by atoms with E-state index in [1.807, 2.05) is 48.5 Å². The van der Waals surface area contributed by atoms with Gasteiger partial charge in [-0.1, -0.05) is 50.2 Å². The molecule has 1 aromatic carbocycles. The summed E-state index contributed by atoms with van der Waals surface area (Å²) in [4.78, 5) is 18.7. The Labute approximate surface area is 172 Å². The van der Waals surface area contributed by atoms with Crippen LogP contribution in [0.25, 0.3) is 22.5 Å². The molecule has 2 heterocycles. The summed E-state index contributed by atoms with van der Waals surface area (Å²) < 4.78 is 1.73. The topological polar surface area (TPSA) is 77.0 Å². The molecule has 0 saturated carbocycles. The summed E-state index contributed by atoms with van der Waals surface area (Å²) in [6, 6.07) is 15.9. The largest absolute Gasteiger partial charge is 0.368 e. The summed E-state index contributed by atoms with van der Waals surface area (Å²) in [5, 5.41) is 4.81. The van der Waals surface area contributed by atoms with Crippen LogP contribution in [0.2, 0.25) is 0 Å². The van der Waals surface area contributed by atoms with Crippen LogP contribution in [0.5, 0.6) is 0 Å². The Kier molecular flexibility index (Phi) is 7.14. The van der Waals surface area contributed by atoms with Crippen LogP contribution in [0.4, 0.5) is 0 Å². The van der Waals surface area contributed by atoms with Gasteiger partial charge < -0.3 is 10.6 Å². The van der Waals surface area contributed by atoms with Crippen molar-refractivity contribution in [3.63, 3.8) is 0 Å².